The zero-order chi connectivity index (χ0) is 15.3. The van der Waals surface area contributed by atoms with E-state index in [1.54, 1.807) is 0 Å². The lowest BCUT2D eigenvalue weighted by Crippen LogP contribution is -2.35. The Labute approximate surface area is 125 Å². The molecule has 0 aliphatic carbocycles. The number of nitrogens with one attached hydrogen (secondary N) is 1. The second-order valence-corrected chi connectivity index (χ2v) is 4.99. The van der Waals surface area contributed by atoms with Gasteiger partial charge in [0.25, 0.3) is 0 Å². The van der Waals surface area contributed by atoms with Gasteiger partial charge in [0, 0.05) is 19.3 Å². The van der Waals surface area contributed by atoms with Gasteiger partial charge >= 0.3 is 6.09 Å². The minimum Gasteiger partial charge on any atom is -0.445 e. The van der Waals surface area contributed by atoms with Crippen molar-refractivity contribution in [2.45, 2.75) is 44.8 Å². The first kappa shape index (κ1) is 17.5. The second-order valence-electron chi connectivity index (χ2n) is 4.99. The summed E-state index contributed by atoms with van der Waals surface area (Å²) in [4.78, 5) is 11.8. The normalized spacial score (nSPS) is 11.9. The molecule has 0 spiro atoms. The van der Waals surface area contributed by atoms with Crippen LogP contribution >= 0.6 is 0 Å². The molecule has 1 amide bonds. The number of aliphatic hydroxyl groups excluding tert-OH is 2. The summed E-state index contributed by atoms with van der Waals surface area (Å²) in [7, 11) is 0. The van der Waals surface area contributed by atoms with Crippen molar-refractivity contribution in [1.29, 1.82) is 0 Å². The number of ether oxygens (including phenoxy) is 1. The summed E-state index contributed by atoms with van der Waals surface area (Å²) < 4.78 is 5.18. The van der Waals surface area contributed by atoms with Gasteiger partial charge < -0.3 is 20.3 Å². The van der Waals surface area contributed by atoms with Crippen LogP contribution in [-0.4, -0.2) is 35.6 Å². The first-order valence-corrected chi connectivity index (χ1v) is 7.45. The van der Waals surface area contributed by atoms with Crippen LogP contribution < -0.4 is 5.32 Å². The quantitative estimate of drug-likeness (QED) is 0.578. The molecule has 0 heterocycles. The van der Waals surface area contributed by atoms with E-state index < -0.39 is 6.09 Å². The van der Waals surface area contributed by atoms with Crippen LogP contribution in [0.2, 0.25) is 0 Å². The number of hydrogen-bond acceptors (Lipinski definition) is 4. The summed E-state index contributed by atoms with van der Waals surface area (Å²) in [5, 5.41) is 20.5. The van der Waals surface area contributed by atoms with E-state index in [9.17, 15) is 4.79 Å². The highest BCUT2D eigenvalue weighted by atomic mass is 16.5. The molecule has 118 valence electrons. The third kappa shape index (κ3) is 8.32. The Hall–Kier alpha value is -1.59. The molecule has 5 nitrogen and oxygen atoms in total. The van der Waals surface area contributed by atoms with E-state index in [1.807, 2.05) is 30.3 Å². The highest BCUT2D eigenvalue weighted by Gasteiger charge is 2.12. The summed E-state index contributed by atoms with van der Waals surface area (Å²) in [6, 6.07) is 9.49. The molecule has 1 rings (SSSR count). The Morgan fingerprint density at radius 2 is 1.71 bits per heavy atom. The van der Waals surface area contributed by atoms with Gasteiger partial charge in [-0.3, -0.25) is 0 Å². The Morgan fingerprint density at radius 3 is 2.38 bits per heavy atom. The average Bonchev–Trinajstić information content (AvgIpc) is 2.51. The Bertz CT molecular complexity index is 383. The maximum Gasteiger partial charge on any atom is 0.407 e. The highest BCUT2D eigenvalue weighted by Crippen LogP contribution is 2.08. The molecule has 0 saturated heterocycles. The Kier molecular flexibility index (Phi) is 9.24. The second kappa shape index (κ2) is 11.1. The van der Waals surface area contributed by atoms with Crippen molar-refractivity contribution in [3.05, 3.63) is 35.9 Å². The molecule has 0 radical (unpaired) electrons. The van der Waals surface area contributed by atoms with Gasteiger partial charge in [-0.15, -0.1) is 0 Å². The first-order chi connectivity index (χ1) is 10.3. The van der Waals surface area contributed by atoms with Crippen molar-refractivity contribution in [3.8, 4) is 0 Å². The first-order valence-electron chi connectivity index (χ1n) is 7.45. The lowest BCUT2D eigenvalue weighted by molar-refractivity contribution is 0.133. The van der Waals surface area contributed by atoms with Crippen molar-refractivity contribution < 1.29 is 19.7 Å². The van der Waals surface area contributed by atoms with Gasteiger partial charge in [0.15, 0.2) is 0 Å². The van der Waals surface area contributed by atoms with Crippen LogP contribution in [0.25, 0.3) is 0 Å². The van der Waals surface area contributed by atoms with Crippen molar-refractivity contribution in [2.24, 2.45) is 0 Å². The molecular weight excluding hydrogens is 270 g/mol. The van der Waals surface area contributed by atoms with E-state index in [0.29, 0.717) is 12.8 Å². The summed E-state index contributed by atoms with van der Waals surface area (Å²) in [5.74, 6) is 0. The highest BCUT2D eigenvalue weighted by molar-refractivity contribution is 5.67. The SMILES string of the molecule is O=C(N[C@H](CCCO)CCCCO)OCc1ccccc1. The van der Waals surface area contributed by atoms with E-state index in [0.717, 1.165) is 24.8 Å². The van der Waals surface area contributed by atoms with E-state index >= 15 is 0 Å². The van der Waals surface area contributed by atoms with Crippen LogP contribution in [-0.2, 0) is 11.3 Å². The standard InChI is InChI=1S/C16H25NO4/c18-11-5-4-9-15(10-6-12-19)17-16(20)21-13-14-7-2-1-3-8-14/h1-3,7-8,15,18-19H,4-6,9-13H2,(H,17,20)/t15-/m0/s1. The topological polar surface area (TPSA) is 78.8 Å². The number of unbranched alkanes of at least 4 members (excludes halogenated alkanes) is 1. The molecule has 0 aromatic heterocycles. The predicted octanol–water partition coefficient (Wildman–Crippen LogP) is 2.22. The van der Waals surface area contributed by atoms with E-state index in [1.165, 1.54) is 0 Å². The molecule has 5 heteroatoms. The van der Waals surface area contributed by atoms with Crippen LogP contribution in [0.3, 0.4) is 0 Å². The average molecular weight is 295 g/mol. The number of carbonyl (C=O) groups excluding carboxylic acids is 1. The molecule has 0 fully saturated rings. The van der Waals surface area contributed by atoms with Crippen molar-refractivity contribution in [1.82, 2.24) is 5.32 Å². The molecular formula is C16H25NO4. The predicted molar refractivity (Wildman–Crippen MR) is 80.8 cm³/mol. The number of hydrogen-bond donors (Lipinski definition) is 3. The van der Waals surface area contributed by atoms with Gasteiger partial charge in [0.2, 0.25) is 0 Å². The fraction of sp³-hybridized carbons (Fsp3) is 0.562. The number of rotatable bonds is 10. The maximum atomic E-state index is 11.8. The summed E-state index contributed by atoms with van der Waals surface area (Å²) in [6.07, 6.45) is 3.25. The van der Waals surface area contributed by atoms with Crippen LogP contribution in [0.1, 0.15) is 37.7 Å². The van der Waals surface area contributed by atoms with E-state index in [-0.39, 0.29) is 25.9 Å². The summed E-state index contributed by atoms with van der Waals surface area (Å²) in [5.41, 5.74) is 0.944. The minimum atomic E-state index is -0.439. The third-order valence-electron chi connectivity index (χ3n) is 3.21. The van der Waals surface area contributed by atoms with Crippen molar-refractivity contribution >= 4 is 6.09 Å². The fourth-order valence-electron chi connectivity index (χ4n) is 2.06. The fourth-order valence-corrected chi connectivity index (χ4v) is 2.06. The molecule has 0 unspecified atom stereocenters. The number of carbonyl (C=O) groups is 1. The summed E-state index contributed by atoms with van der Waals surface area (Å²) in [6.45, 7) is 0.512. The molecule has 1 aromatic rings. The van der Waals surface area contributed by atoms with Gasteiger partial charge in [-0.05, 0) is 37.7 Å². The third-order valence-corrected chi connectivity index (χ3v) is 3.21. The zero-order valence-electron chi connectivity index (χ0n) is 12.3. The van der Waals surface area contributed by atoms with Crippen LogP contribution in [0, 0.1) is 0 Å². The van der Waals surface area contributed by atoms with Crippen LogP contribution in [0.4, 0.5) is 4.79 Å². The van der Waals surface area contributed by atoms with E-state index in [2.05, 4.69) is 5.32 Å². The number of amides is 1. The lowest BCUT2D eigenvalue weighted by Gasteiger charge is -2.18. The monoisotopic (exact) mass is 295 g/mol. The molecule has 0 aliphatic heterocycles. The minimum absolute atomic E-state index is 0.0213. The molecule has 21 heavy (non-hydrogen) atoms. The maximum absolute atomic E-state index is 11.8. The number of benzene rings is 1. The van der Waals surface area contributed by atoms with Gasteiger partial charge in [-0.25, -0.2) is 4.79 Å². The van der Waals surface area contributed by atoms with Crippen molar-refractivity contribution in [2.75, 3.05) is 13.2 Å². The van der Waals surface area contributed by atoms with Crippen LogP contribution in [0.5, 0.6) is 0 Å². The smallest absolute Gasteiger partial charge is 0.407 e. The molecule has 0 saturated carbocycles. The van der Waals surface area contributed by atoms with Gasteiger partial charge in [0.05, 0.1) is 0 Å². The van der Waals surface area contributed by atoms with Crippen molar-refractivity contribution in [3.63, 3.8) is 0 Å². The lowest BCUT2D eigenvalue weighted by atomic mass is 10.1. The largest absolute Gasteiger partial charge is 0.445 e. The molecule has 1 aromatic carbocycles. The zero-order valence-corrected chi connectivity index (χ0v) is 12.3. The molecule has 1 atom stereocenters. The molecule has 3 N–H and O–H groups in total. The Morgan fingerprint density at radius 1 is 1.05 bits per heavy atom. The number of aliphatic hydroxyl groups is 2. The summed E-state index contributed by atoms with van der Waals surface area (Å²) >= 11 is 0. The van der Waals surface area contributed by atoms with Gasteiger partial charge in [-0.2, -0.15) is 0 Å². The molecule has 0 bridgehead atoms. The van der Waals surface area contributed by atoms with E-state index in [4.69, 9.17) is 14.9 Å². The Balaban J connectivity index is 2.32. The van der Waals surface area contributed by atoms with Crippen LogP contribution in [0.15, 0.2) is 30.3 Å². The van der Waals surface area contributed by atoms with Gasteiger partial charge in [-0.1, -0.05) is 30.3 Å². The number of alkyl carbamates (subject to hydrolysis) is 1. The van der Waals surface area contributed by atoms with Gasteiger partial charge in [0.1, 0.15) is 6.61 Å². The molecule has 0 aliphatic rings.